The van der Waals surface area contributed by atoms with Crippen molar-refractivity contribution < 1.29 is 8.42 Å². The molecule has 1 saturated heterocycles. The van der Waals surface area contributed by atoms with Crippen LogP contribution < -0.4 is 10.6 Å². The van der Waals surface area contributed by atoms with Gasteiger partial charge in [-0.2, -0.15) is 4.98 Å². The highest BCUT2D eigenvalue weighted by molar-refractivity contribution is 7.91. The van der Waals surface area contributed by atoms with E-state index >= 15 is 0 Å². The van der Waals surface area contributed by atoms with Crippen molar-refractivity contribution in [3.05, 3.63) is 11.4 Å². The summed E-state index contributed by atoms with van der Waals surface area (Å²) in [6.45, 7) is 0. The van der Waals surface area contributed by atoms with E-state index in [1.54, 1.807) is 18.4 Å². The Morgan fingerprint density at radius 3 is 2.75 bits per heavy atom. The molecule has 0 atom stereocenters. The predicted octanol–water partition coefficient (Wildman–Crippen LogP) is 1.72. The lowest BCUT2D eigenvalue weighted by molar-refractivity contribution is 0.559. The molecule has 0 radical (unpaired) electrons. The second-order valence-corrected chi connectivity index (χ2v) is 8.05. The number of hydrogen-bond acceptors (Lipinski definition) is 7. The van der Waals surface area contributed by atoms with Gasteiger partial charge in [0.15, 0.2) is 0 Å². The van der Waals surface area contributed by atoms with Crippen LogP contribution >= 0.6 is 11.3 Å². The van der Waals surface area contributed by atoms with Crippen LogP contribution in [0.3, 0.4) is 0 Å². The molecular formula is C12H16N4O2S2. The first-order chi connectivity index (χ1) is 9.57. The smallest absolute Gasteiger partial charge is 0.225 e. The number of aromatic nitrogens is 2. The van der Waals surface area contributed by atoms with Gasteiger partial charge in [-0.15, -0.1) is 11.3 Å². The third-order valence-electron chi connectivity index (χ3n) is 3.44. The summed E-state index contributed by atoms with van der Waals surface area (Å²) < 4.78 is 22.9. The van der Waals surface area contributed by atoms with Crippen molar-refractivity contribution >= 4 is 43.2 Å². The van der Waals surface area contributed by atoms with Crippen LogP contribution in [0, 0.1) is 0 Å². The summed E-state index contributed by atoms with van der Waals surface area (Å²) in [4.78, 5) is 9.76. The second kappa shape index (κ2) is 5.17. The zero-order valence-corrected chi connectivity index (χ0v) is 12.7. The standard InChI is InChI=1S/C12H16N4O2S2/c1-13-12-15-10(9-2-5-19-11(9)16-12)14-8-3-6-20(17,18)7-4-8/h2,5,8H,3-4,6-7H2,1H3,(H2,13,14,15,16). The normalized spacial score (nSPS) is 19.1. The van der Waals surface area contributed by atoms with E-state index in [1.165, 1.54) is 0 Å². The number of nitrogens with zero attached hydrogens (tertiary/aromatic N) is 2. The molecule has 2 N–H and O–H groups in total. The van der Waals surface area contributed by atoms with Gasteiger partial charge in [0, 0.05) is 13.1 Å². The van der Waals surface area contributed by atoms with E-state index in [9.17, 15) is 8.42 Å². The summed E-state index contributed by atoms with van der Waals surface area (Å²) in [7, 11) is -1.05. The maximum atomic E-state index is 11.5. The van der Waals surface area contributed by atoms with Crippen LogP contribution in [0.15, 0.2) is 11.4 Å². The fourth-order valence-electron chi connectivity index (χ4n) is 2.30. The molecule has 20 heavy (non-hydrogen) atoms. The topological polar surface area (TPSA) is 84.0 Å². The molecule has 0 spiro atoms. The second-order valence-electron chi connectivity index (χ2n) is 4.86. The molecule has 1 aliphatic rings. The number of anilines is 2. The first-order valence-electron chi connectivity index (χ1n) is 6.47. The summed E-state index contributed by atoms with van der Waals surface area (Å²) in [6.07, 6.45) is 1.26. The number of thiophene rings is 1. The van der Waals surface area contributed by atoms with Crippen molar-refractivity contribution in [2.75, 3.05) is 29.2 Å². The zero-order chi connectivity index (χ0) is 14.2. The zero-order valence-electron chi connectivity index (χ0n) is 11.1. The van der Waals surface area contributed by atoms with Crippen LogP contribution in [-0.4, -0.2) is 43.0 Å². The van der Waals surface area contributed by atoms with Crippen LogP contribution in [0.25, 0.3) is 10.2 Å². The lowest BCUT2D eigenvalue weighted by Gasteiger charge is -2.23. The third-order valence-corrected chi connectivity index (χ3v) is 5.97. The first-order valence-corrected chi connectivity index (χ1v) is 9.17. The number of fused-ring (bicyclic) bond motifs is 1. The average Bonchev–Trinajstić information content (AvgIpc) is 2.89. The van der Waals surface area contributed by atoms with Gasteiger partial charge in [-0.1, -0.05) is 0 Å². The molecule has 0 amide bonds. The van der Waals surface area contributed by atoms with Crippen molar-refractivity contribution in [1.29, 1.82) is 0 Å². The molecule has 3 rings (SSSR count). The van der Waals surface area contributed by atoms with E-state index in [4.69, 9.17) is 0 Å². The molecule has 2 aromatic heterocycles. The molecule has 3 heterocycles. The maximum absolute atomic E-state index is 11.5. The lowest BCUT2D eigenvalue weighted by Crippen LogP contribution is -2.32. The Morgan fingerprint density at radius 2 is 2.05 bits per heavy atom. The highest BCUT2D eigenvalue weighted by Crippen LogP contribution is 2.28. The minimum absolute atomic E-state index is 0.154. The summed E-state index contributed by atoms with van der Waals surface area (Å²) >= 11 is 1.57. The minimum atomic E-state index is -2.84. The number of rotatable bonds is 3. The Balaban J connectivity index is 1.85. The van der Waals surface area contributed by atoms with E-state index in [0.29, 0.717) is 18.8 Å². The van der Waals surface area contributed by atoms with Crippen molar-refractivity contribution in [3.8, 4) is 0 Å². The minimum Gasteiger partial charge on any atom is -0.367 e. The van der Waals surface area contributed by atoms with Crippen molar-refractivity contribution in [2.24, 2.45) is 0 Å². The fraction of sp³-hybridized carbons (Fsp3) is 0.500. The van der Waals surface area contributed by atoms with Gasteiger partial charge >= 0.3 is 0 Å². The van der Waals surface area contributed by atoms with E-state index in [0.717, 1.165) is 16.0 Å². The van der Waals surface area contributed by atoms with Gasteiger partial charge in [-0.25, -0.2) is 13.4 Å². The van der Waals surface area contributed by atoms with Gasteiger partial charge in [0.05, 0.1) is 16.9 Å². The molecule has 2 aromatic rings. The number of hydrogen-bond donors (Lipinski definition) is 2. The Bertz CT molecular complexity index is 712. The Labute approximate surface area is 121 Å². The molecule has 0 aliphatic carbocycles. The molecular weight excluding hydrogens is 296 g/mol. The molecule has 0 aromatic carbocycles. The third kappa shape index (κ3) is 2.71. The van der Waals surface area contributed by atoms with Gasteiger partial charge in [0.25, 0.3) is 0 Å². The summed E-state index contributed by atoms with van der Waals surface area (Å²) in [6, 6.07) is 2.14. The summed E-state index contributed by atoms with van der Waals surface area (Å²) in [5.74, 6) is 1.86. The Hall–Kier alpha value is -1.41. The highest BCUT2D eigenvalue weighted by atomic mass is 32.2. The first kappa shape index (κ1) is 13.6. The van der Waals surface area contributed by atoms with Gasteiger partial charge in [0.1, 0.15) is 20.5 Å². The molecule has 1 aliphatic heterocycles. The SMILES string of the molecule is CNc1nc(NC2CCS(=O)(=O)CC2)c2ccsc2n1. The summed E-state index contributed by atoms with van der Waals surface area (Å²) in [5.41, 5.74) is 0. The van der Waals surface area contributed by atoms with Crippen molar-refractivity contribution in [3.63, 3.8) is 0 Å². The molecule has 1 fully saturated rings. The largest absolute Gasteiger partial charge is 0.367 e. The van der Waals surface area contributed by atoms with Gasteiger partial charge in [-0.3, -0.25) is 0 Å². The molecule has 108 valence electrons. The molecule has 0 saturated carbocycles. The van der Waals surface area contributed by atoms with E-state index in [-0.39, 0.29) is 17.5 Å². The van der Waals surface area contributed by atoms with Crippen LogP contribution in [0.5, 0.6) is 0 Å². The van der Waals surface area contributed by atoms with Gasteiger partial charge in [0.2, 0.25) is 5.95 Å². The van der Waals surface area contributed by atoms with E-state index in [1.807, 2.05) is 11.4 Å². The maximum Gasteiger partial charge on any atom is 0.225 e. The van der Waals surface area contributed by atoms with Crippen LogP contribution in [0.4, 0.5) is 11.8 Å². The quantitative estimate of drug-likeness (QED) is 0.898. The van der Waals surface area contributed by atoms with Crippen molar-refractivity contribution in [2.45, 2.75) is 18.9 Å². The fourth-order valence-corrected chi connectivity index (χ4v) is 4.56. The highest BCUT2D eigenvalue weighted by Gasteiger charge is 2.24. The lowest BCUT2D eigenvalue weighted by atomic mass is 10.1. The van der Waals surface area contributed by atoms with Crippen molar-refractivity contribution in [1.82, 2.24) is 9.97 Å². The van der Waals surface area contributed by atoms with E-state index in [2.05, 4.69) is 20.6 Å². The Morgan fingerprint density at radius 1 is 1.30 bits per heavy atom. The monoisotopic (exact) mass is 312 g/mol. The Kier molecular flexibility index (Phi) is 3.51. The van der Waals surface area contributed by atoms with Gasteiger partial charge in [-0.05, 0) is 24.3 Å². The number of nitrogens with one attached hydrogen (secondary N) is 2. The average molecular weight is 312 g/mol. The van der Waals surface area contributed by atoms with E-state index < -0.39 is 9.84 Å². The number of sulfone groups is 1. The predicted molar refractivity (Wildman–Crippen MR) is 82.3 cm³/mol. The molecule has 6 nitrogen and oxygen atoms in total. The molecule has 0 bridgehead atoms. The van der Waals surface area contributed by atoms with Crippen LogP contribution in [-0.2, 0) is 9.84 Å². The summed E-state index contributed by atoms with van der Waals surface area (Å²) in [5, 5.41) is 9.29. The van der Waals surface area contributed by atoms with Crippen LogP contribution in [0.2, 0.25) is 0 Å². The van der Waals surface area contributed by atoms with Gasteiger partial charge < -0.3 is 10.6 Å². The molecule has 0 unspecified atom stereocenters. The molecule has 8 heteroatoms. The van der Waals surface area contributed by atoms with Crippen LogP contribution in [0.1, 0.15) is 12.8 Å².